The van der Waals surface area contributed by atoms with Crippen molar-refractivity contribution in [1.29, 1.82) is 0 Å². The Morgan fingerprint density at radius 2 is 1.77 bits per heavy atom. The zero-order chi connectivity index (χ0) is 25.4. The van der Waals surface area contributed by atoms with E-state index in [1.54, 1.807) is 36.4 Å². The van der Waals surface area contributed by atoms with Crippen molar-refractivity contribution in [3.8, 4) is 5.75 Å². The van der Waals surface area contributed by atoms with Gasteiger partial charge in [-0.15, -0.1) is 0 Å². The first-order valence-corrected chi connectivity index (χ1v) is 12.3. The molecule has 0 aliphatic heterocycles. The van der Waals surface area contributed by atoms with Crippen LogP contribution in [0.1, 0.15) is 35.3 Å². The highest BCUT2D eigenvalue weighted by atomic mass is 79.9. The van der Waals surface area contributed by atoms with Gasteiger partial charge in [0.05, 0.1) is 6.21 Å². The number of hydrogen-bond acceptors (Lipinski definition) is 4. The van der Waals surface area contributed by atoms with Gasteiger partial charge in [0.1, 0.15) is 18.4 Å². The van der Waals surface area contributed by atoms with E-state index in [0.717, 1.165) is 10.0 Å². The second-order valence-electron chi connectivity index (χ2n) is 8.00. The number of nitrogens with zero attached hydrogens (tertiary/aromatic N) is 1. The summed E-state index contributed by atoms with van der Waals surface area (Å²) in [7, 11) is 0. The van der Waals surface area contributed by atoms with Crippen molar-refractivity contribution in [3.05, 3.63) is 97.9 Å². The molecule has 0 radical (unpaired) electrons. The highest BCUT2D eigenvalue weighted by Crippen LogP contribution is 2.24. The monoisotopic (exact) mass is 575 g/mol. The topological polar surface area (TPSA) is 79.8 Å². The second kappa shape index (κ2) is 12.7. The highest BCUT2D eigenvalue weighted by Gasteiger charge is 2.24. The summed E-state index contributed by atoms with van der Waals surface area (Å²) >= 11 is 15.5. The van der Waals surface area contributed by atoms with Crippen LogP contribution in [0.3, 0.4) is 0 Å². The Morgan fingerprint density at radius 1 is 1.06 bits per heavy atom. The summed E-state index contributed by atoms with van der Waals surface area (Å²) in [5.74, 6) is -0.404. The summed E-state index contributed by atoms with van der Waals surface area (Å²) < 4.78 is 6.76. The molecule has 9 heteroatoms. The minimum Gasteiger partial charge on any atom is -0.488 e. The third-order valence-corrected chi connectivity index (χ3v) is 6.15. The van der Waals surface area contributed by atoms with E-state index in [9.17, 15) is 9.59 Å². The first-order chi connectivity index (χ1) is 16.7. The third kappa shape index (κ3) is 7.82. The number of hydrogen-bond donors (Lipinski definition) is 2. The summed E-state index contributed by atoms with van der Waals surface area (Å²) in [6, 6.07) is 18.6. The first kappa shape index (κ1) is 26.7. The Kier molecular flexibility index (Phi) is 9.72. The number of ether oxygens (including phenoxy) is 1. The van der Waals surface area contributed by atoms with Gasteiger partial charge in [0.2, 0.25) is 0 Å². The predicted octanol–water partition coefficient (Wildman–Crippen LogP) is 6.24. The van der Waals surface area contributed by atoms with Crippen LogP contribution in [0.2, 0.25) is 10.0 Å². The molecular weight excluding hydrogens is 553 g/mol. The van der Waals surface area contributed by atoms with E-state index in [-0.39, 0.29) is 18.4 Å². The van der Waals surface area contributed by atoms with Crippen LogP contribution in [0.4, 0.5) is 0 Å². The van der Waals surface area contributed by atoms with Crippen molar-refractivity contribution in [2.45, 2.75) is 26.5 Å². The lowest BCUT2D eigenvalue weighted by atomic mass is 10.0. The maximum absolute atomic E-state index is 12.8. The molecule has 1 atom stereocenters. The minimum atomic E-state index is -0.784. The highest BCUT2D eigenvalue weighted by molar-refractivity contribution is 9.10. The van der Waals surface area contributed by atoms with E-state index in [1.165, 1.54) is 6.21 Å². The van der Waals surface area contributed by atoms with Crippen LogP contribution >= 0.6 is 39.1 Å². The molecule has 0 spiro atoms. The fourth-order valence-electron chi connectivity index (χ4n) is 3.12. The van der Waals surface area contributed by atoms with E-state index in [0.29, 0.717) is 26.9 Å². The van der Waals surface area contributed by atoms with Crippen molar-refractivity contribution < 1.29 is 14.3 Å². The largest absolute Gasteiger partial charge is 0.488 e. The average molecular weight is 577 g/mol. The maximum atomic E-state index is 12.8. The molecule has 0 aromatic heterocycles. The molecule has 0 saturated heterocycles. The second-order valence-corrected chi connectivity index (χ2v) is 9.76. The summed E-state index contributed by atoms with van der Waals surface area (Å²) in [5, 5.41) is 7.99. The normalized spacial score (nSPS) is 11.9. The van der Waals surface area contributed by atoms with Gasteiger partial charge in [0.25, 0.3) is 11.8 Å². The van der Waals surface area contributed by atoms with Gasteiger partial charge in [0.15, 0.2) is 0 Å². The van der Waals surface area contributed by atoms with Gasteiger partial charge in [-0.1, -0.05) is 71.2 Å². The SMILES string of the molecule is CC(C)C(NC(=O)c1ccc(Cl)cc1)C(=O)NN=Cc1cc(Br)ccc1OCc1ccccc1Cl. The zero-order valence-electron chi connectivity index (χ0n) is 19.1. The molecule has 35 heavy (non-hydrogen) atoms. The van der Waals surface area contributed by atoms with Gasteiger partial charge < -0.3 is 10.1 Å². The van der Waals surface area contributed by atoms with Crippen LogP contribution in [-0.4, -0.2) is 24.1 Å². The number of amides is 2. The summed E-state index contributed by atoms with van der Waals surface area (Å²) in [6.45, 7) is 3.96. The van der Waals surface area contributed by atoms with Crippen molar-refractivity contribution in [3.63, 3.8) is 0 Å². The number of rotatable bonds is 9. The number of hydrazone groups is 1. The molecule has 182 valence electrons. The molecule has 0 aliphatic carbocycles. The van der Waals surface area contributed by atoms with Crippen molar-refractivity contribution in [2.24, 2.45) is 11.0 Å². The van der Waals surface area contributed by atoms with Gasteiger partial charge >= 0.3 is 0 Å². The van der Waals surface area contributed by atoms with Crippen LogP contribution in [0.5, 0.6) is 5.75 Å². The summed E-state index contributed by atoms with van der Waals surface area (Å²) in [6.07, 6.45) is 1.49. The fraction of sp³-hybridized carbons (Fsp3) is 0.192. The fourth-order valence-corrected chi connectivity index (χ4v) is 3.81. The first-order valence-electron chi connectivity index (χ1n) is 10.8. The molecule has 3 rings (SSSR count). The number of carbonyl (C=O) groups excluding carboxylic acids is 2. The van der Waals surface area contributed by atoms with Crippen LogP contribution in [-0.2, 0) is 11.4 Å². The van der Waals surface area contributed by atoms with Crippen LogP contribution in [0.25, 0.3) is 0 Å². The lowest BCUT2D eigenvalue weighted by Crippen LogP contribution is -2.48. The van der Waals surface area contributed by atoms with Gasteiger partial charge in [-0.3, -0.25) is 9.59 Å². The molecule has 3 aromatic carbocycles. The van der Waals surface area contributed by atoms with Crippen molar-refractivity contribution >= 4 is 57.2 Å². The van der Waals surface area contributed by atoms with E-state index in [1.807, 2.05) is 44.2 Å². The van der Waals surface area contributed by atoms with E-state index < -0.39 is 11.9 Å². The predicted molar refractivity (Wildman–Crippen MR) is 143 cm³/mol. The Labute approximate surface area is 222 Å². The van der Waals surface area contributed by atoms with Crippen LogP contribution in [0.15, 0.2) is 76.3 Å². The summed E-state index contributed by atoms with van der Waals surface area (Å²) in [5.41, 5.74) is 4.42. The molecular formula is C26H24BrCl2N3O3. The van der Waals surface area contributed by atoms with E-state index in [2.05, 4.69) is 31.8 Å². The van der Waals surface area contributed by atoms with Crippen LogP contribution < -0.4 is 15.5 Å². The Balaban J connectivity index is 1.67. The summed E-state index contributed by atoms with van der Waals surface area (Å²) in [4.78, 5) is 25.3. The van der Waals surface area contributed by atoms with Crippen molar-refractivity contribution in [2.75, 3.05) is 0 Å². The molecule has 0 bridgehead atoms. The molecule has 3 aromatic rings. The minimum absolute atomic E-state index is 0.165. The smallest absolute Gasteiger partial charge is 0.262 e. The molecule has 2 N–H and O–H groups in total. The third-order valence-electron chi connectivity index (χ3n) is 5.03. The van der Waals surface area contributed by atoms with Gasteiger partial charge in [-0.2, -0.15) is 5.10 Å². The van der Waals surface area contributed by atoms with E-state index in [4.69, 9.17) is 27.9 Å². The Bertz CT molecular complexity index is 1220. The molecule has 0 heterocycles. The van der Waals surface area contributed by atoms with Gasteiger partial charge in [0, 0.05) is 31.2 Å². The number of nitrogens with one attached hydrogen (secondary N) is 2. The molecule has 0 saturated carbocycles. The average Bonchev–Trinajstić information content (AvgIpc) is 2.83. The van der Waals surface area contributed by atoms with Crippen molar-refractivity contribution in [1.82, 2.24) is 10.7 Å². The maximum Gasteiger partial charge on any atom is 0.262 e. The van der Waals surface area contributed by atoms with E-state index >= 15 is 0 Å². The molecule has 6 nitrogen and oxygen atoms in total. The Hall–Kier alpha value is -2.87. The lowest BCUT2D eigenvalue weighted by Gasteiger charge is -2.20. The number of halogens is 3. The molecule has 0 fully saturated rings. The zero-order valence-corrected chi connectivity index (χ0v) is 22.2. The van der Waals surface area contributed by atoms with Gasteiger partial charge in [-0.25, -0.2) is 5.43 Å². The Morgan fingerprint density at radius 3 is 2.46 bits per heavy atom. The quantitative estimate of drug-likeness (QED) is 0.234. The van der Waals surface area contributed by atoms with Gasteiger partial charge in [-0.05, 0) is 54.4 Å². The molecule has 2 amide bonds. The molecule has 0 aliphatic rings. The van der Waals surface area contributed by atoms with Crippen LogP contribution in [0, 0.1) is 5.92 Å². The molecule has 1 unspecified atom stereocenters. The lowest BCUT2D eigenvalue weighted by molar-refractivity contribution is -0.123. The number of benzene rings is 3. The number of carbonyl (C=O) groups is 2. The standard InChI is InChI=1S/C26H24BrCl2N3O3/c1-16(2)24(31-25(33)17-7-10-21(28)11-8-17)26(34)32-30-14-19-13-20(27)9-12-23(19)35-15-18-5-3-4-6-22(18)29/h3-14,16,24H,15H2,1-2H3,(H,31,33)(H,32,34).